The number of piperidine rings is 1. The van der Waals surface area contributed by atoms with Gasteiger partial charge in [0.15, 0.2) is 4.80 Å². The van der Waals surface area contributed by atoms with Crippen molar-refractivity contribution in [2.75, 3.05) is 19.7 Å². The molecule has 1 saturated heterocycles. The summed E-state index contributed by atoms with van der Waals surface area (Å²) in [7, 11) is -3.71. The van der Waals surface area contributed by atoms with Crippen LogP contribution in [-0.2, 0) is 32.5 Å². The zero-order chi connectivity index (χ0) is 28.0. The summed E-state index contributed by atoms with van der Waals surface area (Å²) in [6.45, 7) is 3.41. The number of thiazole rings is 1. The van der Waals surface area contributed by atoms with E-state index in [1.807, 2.05) is 60.0 Å². The number of aryl methyl sites for hydroxylation is 1. The molecule has 5 rings (SSSR count). The number of nitrogens with zero attached hydrogens (tertiary/aromatic N) is 3. The van der Waals surface area contributed by atoms with Crippen molar-refractivity contribution in [1.29, 1.82) is 0 Å². The fraction of sp³-hybridized carbons (Fsp3) is 0.290. The molecule has 7 nitrogen and oxygen atoms in total. The molecule has 1 aromatic heterocycles. The summed E-state index contributed by atoms with van der Waals surface area (Å²) >= 11 is 1.54. The van der Waals surface area contributed by atoms with Crippen LogP contribution in [0.3, 0.4) is 0 Å². The minimum Gasteiger partial charge on any atom is -0.466 e. The molecular weight excluding hydrogens is 542 g/mol. The van der Waals surface area contributed by atoms with Crippen molar-refractivity contribution in [3.05, 3.63) is 101 Å². The van der Waals surface area contributed by atoms with Gasteiger partial charge in [0, 0.05) is 30.6 Å². The maximum atomic E-state index is 13.6. The van der Waals surface area contributed by atoms with E-state index in [1.54, 1.807) is 36.5 Å². The molecule has 0 amide bonds. The van der Waals surface area contributed by atoms with Crippen LogP contribution >= 0.6 is 11.3 Å². The van der Waals surface area contributed by atoms with Crippen molar-refractivity contribution in [3.8, 4) is 11.3 Å². The normalized spacial score (nSPS) is 15.3. The van der Waals surface area contributed by atoms with Crippen molar-refractivity contribution in [3.63, 3.8) is 0 Å². The number of para-hydroxylation sites is 1. The zero-order valence-corrected chi connectivity index (χ0v) is 24.1. The standard InChI is InChI=1S/C31H33N3O4S2/c1-2-38-30(35)25-17-19-33(20-18-25)40(36,37)28-15-9-12-26(22-28)29-23-39-31(32-27-13-7-4-8-14-27)34(29)21-16-24-10-5-3-6-11-24/h3-15,22-23,25H,2,16-21H2,1H3. The lowest BCUT2D eigenvalue weighted by Crippen LogP contribution is -2.40. The van der Waals surface area contributed by atoms with E-state index in [2.05, 4.69) is 16.7 Å². The third kappa shape index (κ3) is 6.43. The Morgan fingerprint density at radius 3 is 2.38 bits per heavy atom. The van der Waals surface area contributed by atoms with E-state index in [-0.39, 0.29) is 16.8 Å². The van der Waals surface area contributed by atoms with Gasteiger partial charge >= 0.3 is 5.97 Å². The summed E-state index contributed by atoms with van der Waals surface area (Å²) in [5.41, 5.74) is 3.84. The van der Waals surface area contributed by atoms with Crippen molar-refractivity contribution in [1.82, 2.24) is 8.87 Å². The molecule has 1 fully saturated rings. The molecule has 9 heteroatoms. The van der Waals surface area contributed by atoms with Crippen molar-refractivity contribution in [2.45, 2.75) is 37.6 Å². The lowest BCUT2D eigenvalue weighted by Gasteiger charge is -2.30. The van der Waals surface area contributed by atoms with Gasteiger partial charge in [-0.1, -0.05) is 60.7 Å². The van der Waals surface area contributed by atoms with E-state index in [0.29, 0.717) is 39.1 Å². The first-order valence-electron chi connectivity index (χ1n) is 13.5. The predicted octanol–water partition coefficient (Wildman–Crippen LogP) is 5.66. The Kier molecular flexibility index (Phi) is 8.94. The van der Waals surface area contributed by atoms with E-state index in [1.165, 1.54) is 9.87 Å². The maximum absolute atomic E-state index is 13.6. The summed E-state index contributed by atoms with van der Waals surface area (Å²) in [5, 5.41) is 2.04. The number of benzene rings is 3. The summed E-state index contributed by atoms with van der Waals surface area (Å²) in [6, 6.07) is 27.3. The Bertz CT molecular complexity index is 1610. The molecule has 3 aromatic carbocycles. The average molecular weight is 576 g/mol. The van der Waals surface area contributed by atoms with Gasteiger partial charge in [-0.2, -0.15) is 4.31 Å². The molecule has 40 heavy (non-hydrogen) atoms. The van der Waals surface area contributed by atoms with Gasteiger partial charge in [0.05, 0.1) is 28.8 Å². The number of rotatable bonds is 9. The molecule has 0 N–H and O–H groups in total. The third-order valence-electron chi connectivity index (χ3n) is 7.09. The van der Waals surface area contributed by atoms with Crippen molar-refractivity contribution >= 4 is 33.0 Å². The van der Waals surface area contributed by atoms with E-state index in [9.17, 15) is 13.2 Å². The Hall–Kier alpha value is -3.53. The van der Waals surface area contributed by atoms with Crippen LogP contribution in [0.25, 0.3) is 11.3 Å². The lowest BCUT2D eigenvalue weighted by molar-refractivity contribution is -0.149. The molecule has 208 valence electrons. The van der Waals surface area contributed by atoms with Crippen molar-refractivity contribution in [2.24, 2.45) is 10.9 Å². The fourth-order valence-electron chi connectivity index (χ4n) is 4.92. The molecule has 1 aliphatic heterocycles. The van der Waals surface area contributed by atoms with Gasteiger partial charge in [0.2, 0.25) is 10.0 Å². The maximum Gasteiger partial charge on any atom is 0.309 e. The van der Waals surface area contributed by atoms with Gasteiger partial charge in [0.25, 0.3) is 0 Å². The number of sulfonamides is 1. The van der Waals surface area contributed by atoms with E-state index < -0.39 is 10.0 Å². The Morgan fingerprint density at radius 1 is 0.975 bits per heavy atom. The lowest BCUT2D eigenvalue weighted by atomic mass is 9.98. The number of carbonyl (C=O) groups excluding carboxylic acids is 1. The van der Waals surface area contributed by atoms with Gasteiger partial charge in [-0.25, -0.2) is 13.4 Å². The molecule has 0 unspecified atom stereocenters. The molecule has 0 spiro atoms. The van der Waals surface area contributed by atoms with Crippen LogP contribution < -0.4 is 4.80 Å². The molecule has 0 saturated carbocycles. The SMILES string of the molecule is CCOC(=O)C1CCN(S(=O)(=O)c2cccc(-c3csc(=Nc4ccccc4)n3CCc3ccccc3)c2)CC1. The molecule has 0 atom stereocenters. The quantitative estimate of drug-likeness (QED) is 0.241. The monoisotopic (exact) mass is 575 g/mol. The van der Waals surface area contributed by atoms with Gasteiger partial charge in [-0.3, -0.25) is 4.79 Å². The molecule has 0 aliphatic carbocycles. The van der Waals surface area contributed by atoms with Gasteiger partial charge < -0.3 is 9.30 Å². The zero-order valence-electron chi connectivity index (χ0n) is 22.5. The number of hydrogen-bond acceptors (Lipinski definition) is 6. The minimum absolute atomic E-state index is 0.240. The highest BCUT2D eigenvalue weighted by atomic mass is 32.2. The van der Waals surface area contributed by atoms with Crippen molar-refractivity contribution < 1.29 is 17.9 Å². The summed E-state index contributed by atoms with van der Waals surface area (Å²) < 4.78 is 36.0. The highest BCUT2D eigenvalue weighted by Gasteiger charge is 2.33. The van der Waals surface area contributed by atoms with E-state index in [0.717, 1.165) is 28.2 Å². The minimum atomic E-state index is -3.71. The molecular formula is C31H33N3O4S2. The number of ether oxygens (including phenoxy) is 1. The highest BCUT2D eigenvalue weighted by molar-refractivity contribution is 7.89. The second-order valence-electron chi connectivity index (χ2n) is 9.70. The number of aromatic nitrogens is 1. The van der Waals surface area contributed by atoms with Crippen LogP contribution in [0.2, 0.25) is 0 Å². The van der Waals surface area contributed by atoms with Crippen LogP contribution in [-0.4, -0.2) is 43.0 Å². The summed E-state index contributed by atoms with van der Waals surface area (Å²) in [6.07, 6.45) is 1.75. The molecule has 4 aromatic rings. The Morgan fingerprint density at radius 2 is 1.68 bits per heavy atom. The third-order valence-corrected chi connectivity index (χ3v) is 9.85. The summed E-state index contributed by atoms with van der Waals surface area (Å²) in [4.78, 5) is 18.1. The first kappa shape index (κ1) is 28.0. The smallest absolute Gasteiger partial charge is 0.309 e. The number of carbonyl (C=O) groups is 1. The largest absolute Gasteiger partial charge is 0.466 e. The predicted molar refractivity (Wildman–Crippen MR) is 158 cm³/mol. The average Bonchev–Trinajstić information content (AvgIpc) is 3.39. The molecule has 0 bridgehead atoms. The van der Waals surface area contributed by atoms with Crippen LogP contribution in [0.4, 0.5) is 5.69 Å². The van der Waals surface area contributed by atoms with Gasteiger partial charge in [-0.15, -0.1) is 11.3 Å². The topological polar surface area (TPSA) is 81.0 Å². The Balaban J connectivity index is 1.44. The number of hydrogen-bond donors (Lipinski definition) is 0. The van der Waals surface area contributed by atoms with Crippen LogP contribution in [0.15, 0.2) is 100 Å². The fourth-order valence-corrected chi connectivity index (χ4v) is 7.39. The van der Waals surface area contributed by atoms with Gasteiger partial charge in [-0.05, 0) is 56.0 Å². The summed E-state index contributed by atoms with van der Waals surface area (Å²) in [5.74, 6) is -0.491. The first-order chi connectivity index (χ1) is 19.5. The molecule has 0 radical (unpaired) electrons. The highest BCUT2D eigenvalue weighted by Crippen LogP contribution is 2.28. The van der Waals surface area contributed by atoms with Crippen LogP contribution in [0.5, 0.6) is 0 Å². The first-order valence-corrected chi connectivity index (χ1v) is 15.9. The second kappa shape index (κ2) is 12.8. The van der Waals surface area contributed by atoms with E-state index in [4.69, 9.17) is 9.73 Å². The van der Waals surface area contributed by atoms with Crippen LogP contribution in [0, 0.1) is 5.92 Å². The Labute approximate surface area is 239 Å². The van der Waals surface area contributed by atoms with Crippen LogP contribution in [0.1, 0.15) is 25.3 Å². The molecule has 1 aliphatic rings. The molecule has 2 heterocycles. The van der Waals surface area contributed by atoms with Gasteiger partial charge in [0.1, 0.15) is 0 Å². The van der Waals surface area contributed by atoms with E-state index >= 15 is 0 Å². The number of esters is 1. The second-order valence-corrected chi connectivity index (χ2v) is 12.5.